The summed E-state index contributed by atoms with van der Waals surface area (Å²) in [4.78, 5) is 20.1. The van der Waals surface area contributed by atoms with E-state index in [1.807, 2.05) is 0 Å². The smallest absolute Gasteiger partial charge is 0.324 e. The third-order valence-corrected chi connectivity index (χ3v) is 6.53. The second-order valence-electron chi connectivity index (χ2n) is 7.89. The third-order valence-electron chi connectivity index (χ3n) is 5.59. The molecule has 2 N–H and O–H groups in total. The first kappa shape index (κ1) is 23.2. The molecule has 0 bridgehead atoms. The first-order valence-electron chi connectivity index (χ1n) is 10.4. The van der Waals surface area contributed by atoms with Gasteiger partial charge in [0.2, 0.25) is 0 Å². The average Bonchev–Trinajstić information content (AvgIpc) is 3.14. The van der Waals surface area contributed by atoms with E-state index in [1.165, 1.54) is 0 Å². The minimum absolute atomic E-state index is 0.102. The maximum Gasteiger partial charge on any atom is 0.324 e. The highest BCUT2D eigenvalue weighted by molar-refractivity contribution is 7.22. The summed E-state index contributed by atoms with van der Waals surface area (Å²) in [7, 11) is 0. The molecule has 11 heteroatoms. The van der Waals surface area contributed by atoms with Crippen LogP contribution in [0.5, 0.6) is 0 Å². The van der Waals surface area contributed by atoms with Crippen LogP contribution in [0.4, 0.5) is 33.2 Å². The monoisotopic (exact) mass is 482 g/mol. The number of aryl methyl sites for hydroxylation is 1. The number of nitrogens with one attached hydrogen (secondary N) is 1. The van der Waals surface area contributed by atoms with E-state index in [9.17, 15) is 22.4 Å². The highest BCUT2D eigenvalue weighted by Crippen LogP contribution is 2.29. The Hall–Kier alpha value is -2.92. The Labute approximate surface area is 191 Å². The van der Waals surface area contributed by atoms with Crippen molar-refractivity contribution < 1.29 is 27.5 Å². The zero-order valence-electron chi connectivity index (χ0n) is 17.7. The number of aromatic nitrogens is 1. The topological polar surface area (TPSA) is 68.7 Å². The number of hydrogen-bond acceptors (Lipinski definition) is 5. The summed E-state index contributed by atoms with van der Waals surface area (Å²) in [5.74, 6) is -3.08. The number of anilines is 2. The molecule has 1 fully saturated rings. The molecule has 0 aliphatic carbocycles. The van der Waals surface area contributed by atoms with Gasteiger partial charge in [-0.15, -0.1) is 0 Å². The van der Waals surface area contributed by atoms with E-state index < -0.39 is 29.3 Å². The highest BCUT2D eigenvalue weighted by Gasteiger charge is 2.29. The fraction of sp³-hybridized carbons (Fsp3) is 0.364. The second kappa shape index (κ2) is 9.52. The van der Waals surface area contributed by atoms with Crippen LogP contribution in [-0.2, 0) is 6.42 Å². The number of carbonyl (C=O) groups excluding carboxylic acids is 1. The molecule has 33 heavy (non-hydrogen) atoms. The lowest BCUT2D eigenvalue weighted by atomic mass is 10.1. The normalized spacial score (nSPS) is 16.5. The number of rotatable bonds is 5. The van der Waals surface area contributed by atoms with Crippen molar-refractivity contribution in [1.82, 2.24) is 9.88 Å². The number of aliphatic hydroxyl groups is 1. The van der Waals surface area contributed by atoms with Gasteiger partial charge in [-0.2, -0.15) is 0 Å². The number of amides is 2. The summed E-state index contributed by atoms with van der Waals surface area (Å²) in [6, 6.07) is 3.56. The Morgan fingerprint density at radius 1 is 1.12 bits per heavy atom. The Balaban J connectivity index is 1.43. The summed E-state index contributed by atoms with van der Waals surface area (Å²) in [6.07, 6.45) is 0.591. The molecule has 1 aliphatic heterocycles. The molecule has 0 unspecified atom stereocenters. The number of piperazine rings is 1. The van der Waals surface area contributed by atoms with Crippen molar-refractivity contribution in [3.8, 4) is 0 Å². The number of nitrogens with zero attached hydrogens (tertiary/aromatic N) is 3. The van der Waals surface area contributed by atoms with Gasteiger partial charge in [0.05, 0.1) is 15.9 Å². The van der Waals surface area contributed by atoms with Gasteiger partial charge in [-0.1, -0.05) is 11.3 Å². The molecule has 2 amide bonds. The molecular formula is C22H22F4N4O2S. The van der Waals surface area contributed by atoms with Gasteiger partial charge in [0.15, 0.2) is 16.8 Å². The number of carbonyl (C=O) groups is 1. The molecule has 2 aromatic carbocycles. The van der Waals surface area contributed by atoms with Crippen LogP contribution in [0.1, 0.15) is 18.9 Å². The lowest BCUT2D eigenvalue weighted by molar-refractivity contribution is 0.184. The molecular weight excluding hydrogens is 460 g/mol. The predicted molar refractivity (Wildman–Crippen MR) is 119 cm³/mol. The first-order valence-corrected chi connectivity index (χ1v) is 11.3. The number of halogens is 4. The number of fused-ring (bicyclic) bond motifs is 1. The SMILES string of the molecule is C[C@H]1CN(c2cc(F)c(CCCO)cc2F)CCN1C(=O)Nc1nc2cc(F)c(F)cc2s1. The van der Waals surface area contributed by atoms with Crippen LogP contribution in [0.15, 0.2) is 24.3 Å². The van der Waals surface area contributed by atoms with Crippen LogP contribution in [0, 0.1) is 23.3 Å². The molecule has 1 aromatic heterocycles. The third kappa shape index (κ3) is 4.88. The maximum absolute atomic E-state index is 14.6. The minimum Gasteiger partial charge on any atom is -0.396 e. The average molecular weight is 483 g/mol. The molecule has 0 saturated carbocycles. The Bertz CT molecular complexity index is 1150. The van der Waals surface area contributed by atoms with Crippen LogP contribution in [0.25, 0.3) is 10.2 Å². The van der Waals surface area contributed by atoms with Crippen molar-refractivity contribution in [2.45, 2.75) is 25.8 Å². The van der Waals surface area contributed by atoms with E-state index in [1.54, 1.807) is 16.7 Å². The fourth-order valence-corrected chi connectivity index (χ4v) is 4.76. The van der Waals surface area contributed by atoms with E-state index in [0.29, 0.717) is 17.7 Å². The van der Waals surface area contributed by atoms with E-state index in [2.05, 4.69) is 10.3 Å². The quantitative estimate of drug-likeness (QED) is 0.525. The zero-order valence-corrected chi connectivity index (χ0v) is 18.6. The summed E-state index contributed by atoms with van der Waals surface area (Å²) in [6.45, 7) is 2.53. The molecule has 6 nitrogen and oxygen atoms in total. The van der Waals surface area contributed by atoms with Crippen LogP contribution in [-0.4, -0.2) is 53.3 Å². The molecule has 0 radical (unpaired) electrons. The largest absolute Gasteiger partial charge is 0.396 e. The van der Waals surface area contributed by atoms with Gasteiger partial charge < -0.3 is 14.9 Å². The highest BCUT2D eigenvalue weighted by atomic mass is 32.1. The number of benzene rings is 2. The Kier molecular flexibility index (Phi) is 6.71. The fourth-order valence-electron chi connectivity index (χ4n) is 3.90. The van der Waals surface area contributed by atoms with Gasteiger partial charge in [0, 0.05) is 44.4 Å². The van der Waals surface area contributed by atoms with E-state index in [-0.39, 0.29) is 54.1 Å². The number of thiazole rings is 1. The minimum atomic E-state index is -1.01. The summed E-state index contributed by atoms with van der Waals surface area (Å²) >= 11 is 1.03. The van der Waals surface area contributed by atoms with Gasteiger partial charge in [-0.25, -0.2) is 27.3 Å². The lowest BCUT2D eigenvalue weighted by Gasteiger charge is -2.40. The van der Waals surface area contributed by atoms with Crippen molar-refractivity contribution in [3.05, 3.63) is 53.1 Å². The Morgan fingerprint density at radius 3 is 2.61 bits per heavy atom. The Morgan fingerprint density at radius 2 is 1.88 bits per heavy atom. The van der Waals surface area contributed by atoms with Crippen molar-refractivity contribution in [1.29, 1.82) is 0 Å². The van der Waals surface area contributed by atoms with Crippen LogP contribution < -0.4 is 10.2 Å². The van der Waals surface area contributed by atoms with Crippen molar-refractivity contribution >= 4 is 38.4 Å². The molecule has 1 saturated heterocycles. The number of urea groups is 1. The van der Waals surface area contributed by atoms with E-state index in [4.69, 9.17) is 5.11 Å². The second-order valence-corrected chi connectivity index (χ2v) is 8.92. The van der Waals surface area contributed by atoms with Crippen LogP contribution in [0.2, 0.25) is 0 Å². The van der Waals surface area contributed by atoms with Gasteiger partial charge in [0.25, 0.3) is 0 Å². The summed E-state index contributed by atoms with van der Waals surface area (Å²) in [5.41, 5.74) is 0.585. The maximum atomic E-state index is 14.6. The van der Waals surface area contributed by atoms with Gasteiger partial charge in [-0.05, 0) is 37.5 Å². The van der Waals surface area contributed by atoms with Crippen molar-refractivity contribution in [3.63, 3.8) is 0 Å². The van der Waals surface area contributed by atoms with E-state index >= 15 is 0 Å². The molecule has 4 rings (SSSR count). The lowest BCUT2D eigenvalue weighted by Crippen LogP contribution is -2.55. The first-order chi connectivity index (χ1) is 15.8. The number of hydrogen-bond donors (Lipinski definition) is 2. The molecule has 176 valence electrons. The van der Waals surface area contributed by atoms with Crippen LogP contribution >= 0.6 is 11.3 Å². The summed E-state index contributed by atoms with van der Waals surface area (Å²) in [5, 5.41) is 11.8. The molecule has 1 aliphatic rings. The molecule has 0 spiro atoms. The standard InChI is InChI=1S/C22H22F4N4O2S/c1-12-11-29(19-9-14(23)13(3-2-6-31)7-17(19)26)4-5-30(12)22(32)28-21-27-18-8-15(24)16(25)10-20(18)33-21/h7-10,12,31H,2-6,11H2,1H3,(H,27,28,32)/t12-/m0/s1. The molecule has 2 heterocycles. The zero-order chi connectivity index (χ0) is 23.7. The van der Waals surface area contributed by atoms with Crippen LogP contribution in [0.3, 0.4) is 0 Å². The van der Waals surface area contributed by atoms with Gasteiger partial charge in [0.1, 0.15) is 11.6 Å². The number of aliphatic hydroxyl groups excluding tert-OH is 1. The predicted octanol–water partition coefficient (Wildman–Crippen LogP) is 4.52. The van der Waals surface area contributed by atoms with Gasteiger partial charge >= 0.3 is 6.03 Å². The molecule has 3 aromatic rings. The van der Waals surface area contributed by atoms with Crippen molar-refractivity contribution in [2.24, 2.45) is 0 Å². The molecule has 1 atom stereocenters. The van der Waals surface area contributed by atoms with Gasteiger partial charge in [-0.3, -0.25) is 5.32 Å². The van der Waals surface area contributed by atoms with Crippen molar-refractivity contribution in [2.75, 3.05) is 36.5 Å². The van der Waals surface area contributed by atoms with E-state index in [0.717, 1.165) is 35.6 Å². The summed E-state index contributed by atoms with van der Waals surface area (Å²) < 4.78 is 56.3.